The van der Waals surface area contributed by atoms with E-state index in [1.165, 1.54) is 0 Å². The Bertz CT molecular complexity index is 944. The van der Waals surface area contributed by atoms with Crippen molar-refractivity contribution in [3.8, 4) is 0 Å². The molecule has 3 rings (SSSR count). The predicted molar refractivity (Wildman–Crippen MR) is 106 cm³/mol. The maximum Gasteiger partial charge on any atom is 0.325 e. The Balaban J connectivity index is 1.59. The molecule has 0 aliphatic rings. The van der Waals surface area contributed by atoms with Crippen LogP contribution in [0.3, 0.4) is 0 Å². The summed E-state index contributed by atoms with van der Waals surface area (Å²) in [5.74, 6) is -0.394. The van der Waals surface area contributed by atoms with Crippen molar-refractivity contribution in [2.75, 3.05) is 16.0 Å². The summed E-state index contributed by atoms with van der Waals surface area (Å²) in [4.78, 5) is 28.3. The molecule has 2 aromatic carbocycles. The Hall–Kier alpha value is -2.61. The van der Waals surface area contributed by atoms with Crippen LogP contribution < -0.4 is 16.0 Å². The first-order valence-corrected chi connectivity index (χ1v) is 8.99. The normalized spacial score (nSPS) is 10.2. The second kappa shape index (κ2) is 8.18. The monoisotopic (exact) mass is 406 g/mol. The Labute approximate surface area is 163 Å². The Morgan fingerprint density at radius 3 is 2.38 bits per heavy atom. The topological polar surface area (TPSA) is 83.1 Å². The van der Waals surface area contributed by atoms with Gasteiger partial charge in [-0.25, -0.2) is 9.78 Å². The van der Waals surface area contributed by atoms with Crippen LogP contribution in [-0.4, -0.2) is 16.9 Å². The number of anilines is 3. The highest BCUT2D eigenvalue weighted by atomic mass is 35.5. The molecular weight excluding hydrogens is 395 g/mol. The molecule has 9 heteroatoms. The summed E-state index contributed by atoms with van der Waals surface area (Å²) in [5, 5.41) is 10.9. The van der Waals surface area contributed by atoms with Gasteiger partial charge < -0.3 is 10.6 Å². The van der Waals surface area contributed by atoms with Gasteiger partial charge in [-0.05, 0) is 42.5 Å². The van der Waals surface area contributed by atoms with E-state index in [0.29, 0.717) is 26.6 Å². The van der Waals surface area contributed by atoms with Crippen LogP contribution in [0.25, 0.3) is 0 Å². The van der Waals surface area contributed by atoms with Gasteiger partial charge in [0.05, 0.1) is 0 Å². The minimum absolute atomic E-state index is 0.191. The number of amides is 3. The molecule has 26 heavy (non-hydrogen) atoms. The van der Waals surface area contributed by atoms with Crippen molar-refractivity contribution >= 4 is 63.0 Å². The third kappa shape index (κ3) is 4.95. The number of nitrogens with one attached hydrogen (secondary N) is 3. The molecule has 0 saturated carbocycles. The molecule has 3 N–H and O–H groups in total. The van der Waals surface area contributed by atoms with Gasteiger partial charge in [0.2, 0.25) is 0 Å². The van der Waals surface area contributed by atoms with Gasteiger partial charge in [0.15, 0.2) is 5.13 Å². The minimum Gasteiger partial charge on any atom is -0.321 e. The quantitative estimate of drug-likeness (QED) is 0.546. The maximum absolute atomic E-state index is 12.2. The van der Waals surface area contributed by atoms with E-state index in [9.17, 15) is 9.59 Å². The number of carbonyl (C=O) groups excluding carboxylic acids is 2. The van der Waals surface area contributed by atoms with Crippen LogP contribution in [-0.2, 0) is 0 Å². The Kier molecular flexibility index (Phi) is 5.72. The minimum atomic E-state index is -0.469. The van der Waals surface area contributed by atoms with Crippen molar-refractivity contribution in [1.82, 2.24) is 4.98 Å². The van der Waals surface area contributed by atoms with Gasteiger partial charge in [0.25, 0.3) is 5.91 Å². The molecule has 0 bridgehead atoms. The highest BCUT2D eigenvalue weighted by molar-refractivity contribution is 7.14. The molecule has 0 unspecified atom stereocenters. The van der Waals surface area contributed by atoms with E-state index >= 15 is 0 Å². The van der Waals surface area contributed by atoms with Crippen LogP contribution in [0.5, 0.6) is 0 Å². The molecule has 0 aliphatic heterocycles. The number of hydrogen-bond acceptors (Lipinski definition) is 4. The zero-order valence-electron chi connectivity index (χ0n) is 13.1. The molecule has 0 saturated heterocycles. The van der Waals surface area contributed by atoms with E-state index in [0.717, 1.165) is 11.3 Å². The van der Waals surface area contributed by atoms with E-state index in [1.807, 2.05) is 0 Å². The maximum atomic E-state index is 12.2. The standard InChI is InChI=1S/C17H12Cl2N4O2S/c18-10-4-6-12(7-5-10)21-16(25)23-17-22-14(9-26-17)15(24)20-13-3-1-2-11(19)8-13/h1-9H,(H,20,24)(H2,21,22,23,25). The molecule has 132 valence electrons. The fraction of sp³-hybridized carbons (Fsp3) is 0. The average molecular weight is 407 g/mol. The molecule has 0 spiro atoms. The van der Waals surface area contributed by atoms with Crippen molar-refractivity contribution in [2.45, 2.75) is 0 Å². The van der Waals surface area contributed by atoms with Crippen LogP contribution in [0, 0.1) is 0 Å². The molecule has 3 aromatic rings. The van der Waals surface area contributed by atoms with Crippen LogP contribution >= 0.6 is 34.5 Å². The first-order valence-electron chi connectivity index (χ1n) is 7.35. The summed E-state index contributed by atoms with van der Waals surface area (Å²) in [6.07, 6.45) is 0. The molecule has 0 radical (unpaired) electrons. The summed E-state index contributed by atoms with van der Waals surface area (Å²) >= 11 is 12.8. The van der Waals surface area contributed by atoms with Gasteiger partial charge in [0.1, 0.15) is 5.69 Å². The predicted octanol–water partition coefficient (Wildman–Crippen LogP) is 5.35. The van der Waals surface area contributed by atoms with Gasteiger partial charge in [-0.3, -0.25) is 10.1 Å². The lowest BCUT2D eigenvalue weighted by molar-refractivity contribution is 0.102. The van der Waals surface area contributed by atoms with Crippen molar-refractivity contribution in [3.63, 3.8) is 0 Å². The van der Waals surface area contributed by atoms with Crippen molar-refractivity contribution < 1.29 is 9.59 Å². The number of halogens is 2. The SMILES string of the molecule is O=C(Nc1ccc(Cl)cc1)Nc1nc(C(=O)Nc2cccc(Cl)c2)cs1. The lowest BCUT2D eigenvalue weighted by atomic mass is 10.3. The van der Waals surface area contributed by atoms with E-state index in [4.69, 9.17) is 23.2 Å². The first kappa shape index (κ1) is 18.2. The third-order valence-corrected chi connectivity index (χ3v) is 4.39. The number of carbonyl (C=O) groups is 2. The van der Waals surface area contributed by atoms with Gasteiger partial charge in [-0.1, -0.05) is 29.3 Å². The van der Waals surface area contributed by atoms with E-state index in [1.54, 1.807) is 53.9 Å². The smallest absolute Gasteiger partial charge is 0.321 e. The van der Waals surface area contributed by atoms with Crippen molar-refractivity contribution in [2.24, 2.45) is 0 Å². The number of urea groups is 1. The van der Waals surface area contributed by atoms with Crippen molar-refractivity contribution in [3.05, 3.63) is 69.7 Å². The van der Waals surface area contributed by atoms with Gasteiger partial charge in [-0.15, -0.1) is 11.3 Å². The molecule has 0 aliphatic carbocycles. The number of hydrogen-bond donors (Lipinski definition) is 3. The molecule has 6 nitrogen and oxygen atoms in total. The van der Waals surface area contributed by atoms with E-state index < -0.39 is 11.9 Å². The van der Waals surface area contributed by atoms with Crippen LogP contribution in [0.4, 0.5) is 21.3 Å². The van der Waals surface area contributed by atoms with Crippen LogP contribution in [0.2, 0.25) is 10.0 Å². The van der Waals surface area contributed by atoms with E-state index in [2.05, 4.69) is 20.9 Å². The van der Waals surface area contributed by atoms with Crippen molar-refractivity contribution in [1.29, 1.82) is 0 Å². The van der Waals surface area contributed by atoms with Gasteiger partial charge >= 0.3 is 6.03 Å². The first-order chi connectivity index (χ1) is 12.5. The molecule has 3 amide bonds. The van der Waals surface area contributed by atoms with Gasteiger partial charge in [0, 0.05) is 26.8 Å². The number of nitrogens with zero attached hydrogens (tertiary/aromatic N) is 1. The second-order valence-corrected chi connectivity index (χ2v) is 6.82. The largest absolute Gasteiger partial charge is 0.325 e. The highest BCUT2D eigenvalue weighted by Gasteiger charge is 2.13. The number of thiazole rings is 1. The van der Waals surface area contributed by atoms with Gasteiger partial charge in [-0.2, -0.15) is 0 Å². The summed E-state index contributed by atoms with van der Waals surface area (Å²) in [5.41, 5.74) is 1.34. The zero-order chi connectivity index (χ0) is 18.5. The van der Waals surface area contributed by atoms with E-state index in [-0.39, 0.29) is 5.69 Å². The molecular formula is C17H12Cl2N4O2S. The number of benzene rings is 2. The lowest BCUT2D eigenvalue weighted by Gasteiger charge is -2.05. The van der Waals surface area contributed by atoms with Crippen LogP contribution in [0.15, 0.2) is 53.9 Å². The molecule has 0 fully saturated rings. The third-order valence-electron chi connectivity index (χ3n) is 3.14. The fourth-order valence-electron chi connectivity index (χ4n) is 1.99. The number of aromatic nitrogens is 1. The zero-order valence-corrected chi connectivity index (χ0v) is 15.5. The molecule has 0 atom stereocenters. The Morgan fingerprint density at radius 2 is 1.65 bits per heavy atom. The summed E-state index contributed by atoms with van der Waals surface area (Å²) < 4.78 is 0. The molecule has 1 aromatic heterocycles. The molecule has 1 heterocycles. The fourth-order valence-corrected chi connectivity index (χ4v) is 2.99. The average Bonchev–Trinajstić information content (AvgIpc) is 3.05. The summed E-state index contributed by atoms with van der Waals surface area (Å²) in [6.45, 7) is 0. The Morgan fingerprint density at radius 1 is 0.885 bits per heavy atom. The van der Waals surface area contributed by atoms with Crippen LogP contribution in [0.1, 0.15) is 10.5 Å². The highest BCUT2D eigenvalue weighted by Crippen LogP contribution is 2.19. The number of rotatable bonds is 4. The lowest BCUT2D eigenvalue weighted by Crippen LogP contribution is -2.19. The summed E-state index contributed by atoms with van der Waals surface area (Å²) in [6, 6.07) is 13.0. The second-order valence-electron chi connectivity index (χ2n) is 5.09. The summed E-state index contributed by atoms with van der Waals surface area (Å²) in [7, 11) is 0.